The van der Waals surface area contributed by atoms with Crippen molar-refractivity contribution < 1.29 is 142 Å². The number of rotatable bonds is 9. The molecule has 0 spiro atoms. The molecule has 0 unspecified atom stereocenters. The summed E-state index contributed by atoms with van der Waals surface area (Å²) < 4.78 is 244. The number of halogens is 23. The number of aliphatic carboxylic acids is 1. The number of carboxylic acid groups (broad SMARTS) is 1. The van der Waals surface area contributed by atoms with E-state index in [0.717, 1.165) is 97.5 Å². The second kappa shape index (κ2) is 35.3. The molecule has 4 heterocycles. The fourth-order valence-corrected chi connectivity index (χ4v) is 8.82. The van der Waals surface area contributed by atoms with Gasteiger partial charge in [-0.25, -0.2) is 9.69 Å². The molecule has 0 radical (unpaired) electrons. The summed E-state index contributed by atoms with van der Waals surface area (Å²) in [6, 6.07) is 17.9. The summed E-state index contributed by atoms with van der Waals surface area (Å²) >= 11 is 8.89. The summed E-state index contributed by atoms with van der Waals surface area (Å²) in [5.74, 6) is -22.7. The van der Waals surface area contributed by atoms with Crippen LogP contribution < -0.4 is 40.0 Å². The molecule has 1 N–H and O–H groups in total. The Morgan fingerprint density at radius 2 is 0.921 bits per heavy atom. The van der Waals surface area contributed by atoms with Crippen LogP contribution in [-0.4, -0.2) is 95.4 Å². The van der Waals surface area contributed by atoms with Gasteiger partial charge < -0.3 is 24.9 Å². The van der Waals surface area contributed by atoms with E-state index in [1.54, 1.807) is 0 Å². The molecule has 89 heavy (non-hydrogen) atoms. The van der Waals surface area contributed by atoms with Gasteiger partial charge in [0.15, 0.2) is 11.4 Å². The smallest absolute Gasteiger partial charge is 0.544 e. The first-order valence-electron chi connectivity index (χ1n) is 24.6. The van der Waals surface area contributed by atoms with E-state index in [9.17, 15) is 92.6 Å². The van der Waals surface area contributed by atoms with Crippen molar-refractivity contribution in [2.24, 2.45) is 22.1 Å². The molecule has 2 fully saturated rings. The Balaban J connectivity index is 0.000000554. The molecule has 8 rings (SSSR count). The number of nitrogens with one attached hydrogen (secondary N) is 1. The van der Waals surface area contributed by atoms with Crippen molar-refractivity contribution in [3.05, 3.63) is 151 Å². The summed E-state index contributed by atoms with van der Waals surface area (Å²) in [7, 11) is 0. The van der Waals surface area contributed by atoms with Crippen LogP contribution in [0, 0.1) is 28.6 Å². The van der Waals surface area contributed by atoms with E-state index >= 15 is 0 Å². The SMILES string of the molecule is BrC1=NO[C@@H](C2CCNCC2)C1.C.FC(F)(F)C(F)(F)c1ccc(CN2CCC([C@H]3CC(Br)=NO3)CC2)cc1.O=C([O-])C(F)(F)C(F)(F)F.O=Cc1ccc(C(F)(F)C(F)(F)F)cc1.[C-]#[N+]c1ccc(C(F)(F)C(F)(F)F)cc1.[C-]#[N+]c1ccc(I)cc1.[Na+]. The minimum absolute atomic E-state index is 0. The predicted molar refractivity (Wildman–Crippen MR) is 294 cm³/mol. The third-order valence-electron chi connectivity index (χ3n) is 12.5. The Hall–Kier alpha value is -4.85. The van der Waals surface area contributed by atoms with E-state index in [1.165, 1.54) is 28.5 Å². The summed E-state index contributed by atoms with van der Waals surface area (Å²) in [5, 5.41) is 20.2. The zero-order valence-electron chi connectivity index (χ0n) is 44.9. The predicted octanol–water partition coefficient (Wildman–Crippen LogP) is 14.0. The molecule has 0 aromatic heterocycles. The zero-order chi connectivity index (χ0) is 66.0. The molecule has 4 aliphatic rings. The van der Waals surface area contributed by atoms with Crippen LogP contribution in [0.4, 0.5) is 99.2 Å². The van der Waals surface area contributed by atoms with Crippen molar-refractivity contribution in [1.82, 2.24) is 10.2 Å². The molecule has 0 saturated carbocycles. The average Bonchev–Trinajstić information content (AvgIpc) is 2.34. The van der Waals surface area contributed by atoms with E-state index < -0.39 is 71.1 Å². The Kier molecular flexibility index (Phi) is 32.6. The van der Waals surface area contributed by atoms with Crippen LogP contribution in [0.25, 0.3) is 9.69 Å². The number of piperidine rings is 2. The first-order chi connectivity index (χ1) is 40.1. The molecule has 2 saturated heterocycles. The molecule has 4 aliphatic heterocycles. The van der Waals surface area contributed by atoms with Gasteiger partial charge in [0.05, 0.1) is 13.1 Å². The summed E-state index contributed by atoms with van der Waals surface area (Å²) in [4.78, 5) is 38.3. The van der Waals surface area contributed by atoms with Crippen LogP contribution >= 0.6 is 54.5 Å². The van der Waals surface area contributed by atoms with Crippen molar-refractivity contribution in [3.8, 4) is 0 Å². The molecule has 4 aromatic rings. The van der Waals surface area contributed by atoms with Crippen LogP contribution in [0.2, 0.25) is 0 Å². The number of likely N-dealkylation sites (tertiary alicyclic amines) is 1. The molecular formula is C54H48Br2F20IN6NaO5. The topological polar surface area (TPSA) is 124 Å². The standard InChI is InChI=1S/C17H18BrF5N2O.C9H4F5N.C9H5F5O.C8H13BrN2O.C7H4IN.C3HF5O2.CH4.Na/c18-15-9-14(26-24-15)12-5-7-25(8-6-12)10-11-1-3-13(4-2-11)16(19,20)17(21,22)23;1-15-7-4-2-6(3-5-7)8(10,11)9(12,13)14;10-8(11,9(12,13)14)7-3-1-6(5-15)2-4-7;9-8-5-7(12-11-8)6-1-3-10-4-2-6;1-9-7-4-2-6(8)3-5-7;4-2(5,1(9)10)3(6,7)8;;/h1-4,12,14H,5-10H2;2-5H;1-5H;6-7,10H,1-5H2;2-5H;(H,9,10);1H4;/q;;;;;;;+1/p-1/t14-;;;7-;;;;/m1..1..../s1. The molecule has 0 bridgehead atoms. The van der Waals surface area contributed by atoms with Crippen LogP contribution in [0.3, 0.4) is 0 Å². The number of carbonyl (C=O) groups excluding carboxylic acids is 2. The van der Waals surface area contributed by atoms with Crippen LogP contribution in [0.15, 0.2) is 107 Å². The number of carboxylic acids is 1. The molecule has 4 aromatic carbocycles. The van der Waals surface area contributed by atoms with E-state index in [4.69, 9.17) is 32.7 Å². The maximum absolute atomic E-state index is 13.3. The summed E-state index contributed by atoms with van der Waals surface area (Å²) in [6.07, 6.45) is -16.1. The van der Waals surface area contributed by atoms with Gasteiger partial charge in [-0.1, -0.05) is 115 Å². The van der Waals surface area contributed by atoms with Crippen molar-refractivity contribution in [2.75, 3.05) is 26.2 Å². The fraction of sp³-hybridized carbons (Fsp3) is 0.444. The molecule has 486 valence electrons. The van der Waals surface area contributed by atoms with E-state index in [2.05, 4.69) is 84.7 Å². The van der Waals surface area contributed by atoms with Crippen LogP contribution in [0.5, 0.6) is 0 Å². The van der Waals surface area contributed by atoms with Crippen molar-refractivity contribution >= 4 is 87.3 Å². The largest absolute Gasteiger partial charge is 1.00 e. The minimum Gasteiger partial charge on any atom is -0.544 e. The van der Waals surface area contributed by atoms with E-state index in [1.807, 2.05) is 24.3 Å². The Morgan fingerprint density at radius 3 is 1.21 bits per heavy atom. The van der Waals surface area contributed by atoms with Gasteiger partial charge in [0.2, 0.25) is 0 Å². The van der Waals surface area contributed by atoms with E-state index in [-0.39, 0.29) is 54.3 Å². The number of hydrogen-bond donors (Lipinski definition) is 1. The summed E-state index contributed by atoms with van der Waals surface area (Å²) in [5.41, 5.74) is -1.91. The monoisotopic (exact) mass is 1550 g/mol. The number of hydrogen-bond acceptors (Lipinski definition) is 9. The van der Waals surface area contributed by atoms with Crippen LogP contribution in [0.1, 0.15) is 78.6 Å². The Morgan fingerprint density at radius 1 is 0.584 bits per heavy atom. The number of alkyl halides is 20. The average molecular weight is 1550 g/mol. The number of aldehydes is 1. The zero-order valence-corrected chi connectivity index (χ0v) is 52.2. The maximum Gasteiger partial charge on any atom is 1.00 e. The van der Waals surface area contributed by atoms with Gasteiger partial charge in [-0.05, 0) is 112 Å². The molecule has 11 nitrogen and oxygen atoms in total. The number of carbonyl (C=O) groups is 2. The molecule has 0 amide bonds. The first kappa shape index (κ1) is 82.2. The van der Waals surface area contributed by atoms with Crippen molar-refractivity contribution in [3.63, 3.8) is 0 Å². The number of oxime groups is 2. The summed E-state index contributed by atoms with van der Waals surface area (Å²) in [6.45, 7) is 17.6. The van der Waals surface area contributed by atoms with Gasteiger partial charge >= 0.3 is 78.0 Å². The van der Waals surface area contributed by atoms with Crippen molar-refractivity contribution in [2.45, 2.75) is 113 Å². The molecule has 0 aliphatic carbocycles. The van der Waals surface area contributed by atoms with Gasteiger partial charge in [0.25, 0.3) is 0 Å². The molecule has 2 atom stereocenters. The van der Waals surface area contributed by atoms with Gasteiger partial charge in [-0.2, -0.15) is 87.8 Å². The number of benzene rings is 4. The fourth-order valence-electron chi connectivity index (χ4n) is 7.65. The second-order valence-electron chi connectivity index (χ2n) is 18.6. The van der Waals surface area contributed by atoms with Crippen molar-refractivity contribution in [1.29, 1.82) is 0 Å². The van der Waals surface area contributed by atoms with Crippen LogP contribution in [-0.2, 0) is 38.8 Å². The Labute approximate surface area is 548 Å². The maximum atomic E-state index is 13.3. The third kappa shape index (κ3) is 24.6. The van der Waals surface area contributed by atoms with Gasteiger partial charge in [0, 0.05) is 57.0 Å². The third-order valence-corrected chi connectivity index (χ3v) is 14.2. The van der Waals surface area contributed by atoms with Gasteiger partial charge in [-0.15, -0.1) is 0 Å². The first-order valence-corrected chi connectivity index (χ1v) is 27.2. The molecular weight excluding hydrogens is 1500 g/mol. The molecule has 35 heteroatoms. The quantitative estimate of drug-likeness (QED) is 0.0582. The Bertz CT molecular complexity index is 2990. The van der Waals surface area contributed by atoms with Gasteiger partial charge in [0.1, 0.15) is 33.7 Å². The number of nitrogens with zero attached hydrogens (tertiary/aromatic N) is 5. The van der Waals surface area contributed by atoms with Gasteiger partial charge in [-0.3, -0.25) is 9.69 Å². The second-order valence-corrected chi connectivity index (χ2v) is 21.7. The minimum atomic E-state index is -6.08. The normalized spacial score (nSPS) is 17.5. The van der Waals surface area contributed by atoms with E-state index in [0.29, 0.717) is 66.3 Å².